The maximum Gasteiger partial charge on any atom is 0.311 e. The highest BCUT2D eigenvalue weighted by molar-refractivity contribution is 8.02. The number of carbonyl (C=O) groups is 3. The van der Waals surface area contributed by atoms with Crippen molar-refractivity contribution in [2.24, 2.45) is 11.8 Å². The van der Waals surface area contributed by atoms with Gasteiger partial charge in [-0.05, 0) is 47.0 Å². The fourth-order valence-electron chi connectivity index (χ4n) is 6.08. The zero-order valence-corrected chi connectivity index (χ0v) is 21.6. The first-order valence-corrected chi connectivity index (χ1v) is 13.3. The molecule has 5 atom stereocenters. The first-order valence-electron chi connectivity index (χ1n) is 12.5. The Morgan fingerprint density at radius 3 is 2.50 bits per heavy atom. The zero-order valence-electron chi connectivity index (χ0n) is 20.8. The van der Waals surface area contributed by atoms with Crippen LogP contribution in [0.2, 0.25) is 0 Å². The van der Waals surface area contributed by atoms with E-state index >= 15 is 0 Å². The summed E-state index contributed by atoms with van der Waals surface area (Å²) in [6, 6.07) is -0.655. The molecule has 7 nitrogen and oxygen atoms in total. The minimum absolute atomic E-state index is 0.0496. The molecule has 0 radical (unpaired) electrons. The lowest BCUT2D eigenvalue weighted by molar-refractivity contribution is -0.154. The summed E-state index contributed by atoms with van der Waals surface area (Å²) in [5.74, 6) is -1.78. The van der Waals surface area contributed by atoms with Crippen molar-refractivity contribution in [3.05, 3.63) is 24.3 Å². The third-order valence-electron chi connectivity index (χ3n) is 7.64. The third-order valence-corrected chi connectivity index (χ3v) is 9.43. The number of fused-ring (bicyclic) bond motifs is 2. The highest BCUT2D eigenvalue weighted by Gasteiger charge is 2.74. The molecule has 0 aliphatic carbocycles. The van der Waals surface area contributed by atoms with Crippen LogP contribution < -0.4 is 0 Å². The molecule has 4 heterocycles. The Bertz CT molecular complexity index is 896. The second kappa shape index (κ2) is 9.34. The number of unbranched alkanes of at least 4 members (excludes halogenated alkanes) is 3. The number of rotatable bonds is 6. The average molecular weight is 491 g/mol. The molecular formula is C26H38N2O5S. The lowest BCUT2D eigenvalue weighted by Gasteiger charge is -2.41. The summed E-state index contributed by atoms with van der Waals surface area (Å²) in [5, 5.41) is 9.08. The number of carbonyl (C=O) groups excluding carboxylic acids is 3. The number of hydrogen-bond acceptors (Lipinski definition) is 6. The van der Waals surface area contributed by atoms with Crippen molar-refractivity contribution < 1.29 is 24.2 Å². The van der Waals surface area contributed by atoms with Crippen molar-refractivity contribution >= 4 is 29.5 Å². The van der Waals surface area contributed by atoms with Crippen LogP contribution in [0.15, 0.2) is 24.3 Å². The fraction of sp³-hybridized carbons (Fsp3) is 0.731. The van der Waals surface area contributed by atoms with Gasteiger partial charge in [0, 0.05) is 30.0 Å². The van der Waals surface area contributed by atoms with Gasteiger partial charge < -0.3 is 19.6 Å². The summed E-state index contributed by atoms with van der Waals surface area (Å²) in [7, 11) is 0. The largest absolute Gasteiger partial charge is 0.465 e. The third kappa shape index (κ3) is 4.11. The van der Waals surface area contributed by atoms with Gasteiger partial charge in [-0.2, -0.15) is 0 Å². The van der Waals surface area contributed by atoms with Crippen LogP contribution in [0.4, 0.5) is 0 Å². The number of aliphatic hydroxyl groups is 1. The molecule has 1 N–H and O–H groups in total. The Morgan fingerprint density at radius 2 is 1.79 bits per heavy atom. The van der Waals surface area contributed by atoms with Gasteiger partial charge in [0.05, 0.1) is 23.2 Å². The molecule has 2 amide bonds. The standard InChI is InChI=1S/C26H38N2O5S/c1-24(2,3)28-15-11-13-26-18(19-23(32)33-17-10-7-12-25(19,4)34-26)21(30)27(20(26)22(28)31)14-8-5-6-9-16-29/h7,11-13,18-20,29H,5-6,8-10,14-17H2,1-4H3/t18-,19-,20?,25+,26-/m0/s1. The van der Waals surface area contributed by atoms with Crippen LogP contribution >= 0.6 is 11.8 Å². The van der Waals surface area contributed by atoms with Crippen molar-refractivity contribution in [1.29, 1.82) is 0 Å². The average Bonchev–Trinajstić information content (AvgIpc) is 3.06. The topological polar surface area (TPSA) is 87.2 Å². The van der Waals surface area contributed by atoms with Crippen LogP contribution in [-0.4, -0.2) is 80.1 Å². The predicted octanol–water partition coefficient (Wildman–Crippen LogP) is 2.93. The van der Waals surface area contributed by atoms with Crippen LogP contribution in [0.25, 0.3) is 0 Å². The number of aliphatic hydroxyl groups excluding tert-OH is 1. The quantitative estimate of drug-likeness (QED) is 0.350. The van der Waals surface area contributed by atoms with E-state index in [9.17, 15) is 14.4 Å². The summed E-state index contributed by atoms with van der Waals surface area (Å²) in [6.45, 7) is 9.48. The smallest absolute Gasteiger partial charge is 0.311 e. The van der Waals surface area contributed by atoms with Crippen molar-refractivity contribution in [3.63, 3.8) is 0 Å². The number of cyclic esters (lactones) is 1. The molecule has 2 saturated heterocycles. The molecule has 0 aromatic heterocycles. The molecule has 4 aliphatic rings. The Labute approximate surface area is 206 Å². The molecule has 2 fully saturated rings. The summed E-state index contributed by atoms with van der Waals surface area (Å²) >= 11 is 1.59. The molecule has 0 saturated carbocycles. The second-order valence-corrected chi connectivity index (χ2v) is 12.8. The van der Waals surface area contributed by atoms with Crippen molar-refractivity contribution in [3.8, 4) is 0 Å². The molecule has 34 heavy (non-hydrogen) atoms. The van der Waals surface area contributed by atoms with Crippen LogP contribution in [0, 0.1) is 11.8 Å². The van der Waals surface area contributed by atoms with Gasteiger partial charge >= 0.3 is 5.97 Å². The van der Waals surface area contributed by atoms with Gasteiger partial charge in [-0.15, -0.1) is 11.8 Å². The van der Waals surface area contributed by atoms with E-state index < -0.39 is 32.9 Å². The Kier molecular flexibility index (Phi) is 6.95. The maximum atomic E-state index is 14.1. The number of amides is 2. The number of thioether (sulfide) groups is 1. The molecule has 0 aromatic rings. The Balaban J connectivity index is 1.77. The second-order valence-electron chi connectivity index (χ2n) is 11.0. The van der Waals surface area contributed by atoms with Crippen LogP contribution in [0.3, 0.4) is 0 Å². The molecular weight excluding hydrogens is 452 g/mol. The molecule has 1 spiro atoms. The normalized spacial score (nSPS) is 35.4. The van der Waals surface area contributed by atoms with E-state index in [0.717, 1.165) is 25.7 Å². The van der Waals surface area contributed by atoms with E-state index in [1.165, 1.54) is 0 Å². The lowest BCUT2D eigenvalue weighted by atomic mass is 9.74. The van der Waals surface area contributed by atoms with Gasteiger partial charge in [-0.25, -0.2) is 0 Å². The SMILES string of the molecule is CC(C)(C)N1CC=C[C@]23S[C@]4(C)C=CCCOC(=O)[C@@H]4[C@H]2C(=O)N(CCCCCCO)C3C1=O. The van der Waals surface area contributed by atoms with Crippen LogP contribution in [0.1, 0.15) is 59.8 Å². The predicted molar refractivity (Wildman–Crippen MR) is 132 cm³/mol. The molecule has 188 valence electrons. The van der Waals surface area contributed by atoms with E-state index in [-0.39, 0.29) is 24.4 Å². The van der Waals surface area contributed by atoms with Gasteiger partial charge in [0.15, 0.2) is 0 Å². The van der Waals surface area contributed by atoms with Crippen LogP contribution in [-0.2, 0) is 19.1 Å². The first-order chi connectivity index (χ1) is 16.1. The fourth-order valence-corrected chi connectivity index (χ4v) is 8.23. The van der Waals surface area contributed by atoms with E-state index in [0.29, 0.717) is 26.1 Å². The molecule has 8 heteroatoms. The van der Waals surface area contributed by atoms with E-state index in [1.54, 1.807) is 16.7 Å². The van der Waals surface area contributed by atoms with Gasteiger partial charge in [0.25, 0.3) is 0 Å². The Hall–Kier alpha value is -1.80. The number of esters is 1. The number of hydrogen-bond donors (Lipinski definition) is 1. The highest BCUT2D eigenvalue weighted by Crippen LogP contribution is 2.65. The minimum Gasteiger partial charge on any atom is -0.465 e. The van der Waals surface area contributed by atoms with E-state index in [4.69, 9.17) is 9.84 Å². The molecule has 0 aromatic carbocycles. The van der Waals surface area contributed by atoms with Crippen molar-refractivity contribution in [2.75, 3.05) is 26.3 Å². The first kappa shape index (κ1) is 25.3. The number of likely N-dealkylation sites (tertiary alicyclic amines) is 1. The summed E-state index contributed by atoms with van der Waals surface area (Å²) in [5.41, 5.74) is -0.394. The zero-order chi connectivity index (χ0) is 24.7. The molecule has 1 unspecified atom stereocenters. The van der Waals surface area contributed by atoms with E-state index in [1.807, 2.05) is 44.7 Å². The van der Waals surface area contributed by atoms with E-state index in [2.05, 4.69) is 12.2 Å². The lowest BCUT2D eigenvalue weighted by Crippen LogP contribution is -2.57. The molecule has 4 aliphatic heterocycles. The van der Waals surface area contributed by atoms with Gasteiger partial charge in [0.2, 0.25) is 11.8 Å². The van der Waals surface area contributed by atoms with Crippen molar-refractivity contribution in [1.82, 2.24) is 9.80 Å². The molecule has 0 bridgehead atoms. The monoisotopic (exact) mass is 490 g/mol. The minimum atomic E-state index is -0.813. The number of ether oxygens (including phenoxy) is 1. The maximum absolute atomic E-state index is 14.1. The van der Waals surface area contributed by atoms with Gasteiger partial charge in [-0.1, -0.05) is 37.1 Å². The Morgan fingerprint density at radius 1 is 1.06 bits per heavy atom. The molecule has 4 rings (SSSR count). The summed E-state index contributed by atoms with van der Waals surface area (Å²) in [6.07, 6.45) is 12.1. The number of nitrogens with zero attached hydrogens (tertiary/aromatic N) is 2. The van der Waals surface area contributed by atoms with Crippen LogP contribution in [0.5, 0.6) is 0 Å². The van der Waals surface area contributed by atoms with Gasteiger partial charge in [-0.3, -0.25) is 14.4 Å². The van der Waals surface area contributed by atoms with Crippen molar-refractivity contribution in [2.45, 2.75) is 80.9 Å². The summed E-state index contributed by atoms with van der Waals surface area (Å²) < 4.78 is 4.14. The highest BCUT2D eigenvalue weighted by atomic mass is 32.2. The summed E-state index contributed by atoms with van der Waals surface area (Å²) in [4.78, 5) is 45.1. The van der Waals surface area contributed by atoms with Gasteiger partial charge in [0.1, 0.15) is 6.04 Å².